The lowest BCUT2D eigenvalue weighted by Gasteiger charge is -2.48. The summed E-state index contributed by atoms with van der Waals surface area (Å²) in [5, 5.41) is 0.588. The topological polar surface area (TPSA) is 58.3 Å². The van der Waals surface area contributed by atoms with Crippen LogP contribution < -0.4 is 10.6 Å². The van der Waals surface area contributed by atoms with Gasteiger partial charge in [0.2, 0.25) is 5.95 Å². The van der Waals surface area contributed by atoms with Gasteiger partial charge in [0.25, 0.3) is 0 Å². The van der Waals surface area contributed by atoms with Crippen LogP contribution in [0.5, 0.6) is 0 Å². The predicted molar refractivity (Wildman–Crippen MR) is 77.5 cm³/mol. The number of halogens is 1. The highest BCUT2D eigenvalue weighted by molar-refractivity contribution is 6.32. The molecule has 3 rings (SSSR count). The monoisotopic (exact) mass is 281 g/mol. The fraction of sp³-hybridized carbons (Fsp3) is 0.692. The first-order valence-electron chi connectivity index (χ1n) is 6.94. The second kappa shape index (κ2) is 5.13. The van der Waals surface area contributed by atoms with Gasteiger partial charge in [0.1, 0.15) is 5.02 Å². The van der Waals surface area contributed by atoms with Crippen molar-refractivity contribution in [3.63, 3.8) is 0 Å². The number of fused-ring (bicyclic) bond motifs is 1. The molecule has 0 spiro atoms. The van der Waals surface area contributed by atoms with Crippen LogP contribution in [-0.4, -0.2) is 46.6 Å². The van der Waals surface area contributed by atoms with Crippen LogP contribution in [0.15, 0.2) is 6.20 Å². The third-order valence-corrected chi connectivity index (χ3v) is 4.47. The average molecular weight is 282 g/mol. The SMILES string of the molecule is CC1CN2CCCCC2CN1c1nc(N)ncc1Cl. The molecule has 1 aromatic heterocycles. The summed E-state index contributed by atoms with van der Waals surface area (Å²) in [7, 11) is 0. The van der Waals surface area contributed by atoms with Crippen LogP contribution in [0.4, 0.5) is 11.8 Å². The van der Waals surface area contributed by atoms with Crippen molar-refractivity contribution in [3.05, 3.63) is 11.2 Å². The van der Waals surface area contributed by atoms with E-state index in [1.165, 1.54) is 25.8 Å². The molecule has 3 heterocycles. The minimum atomic E-state index is 0.290. The van der Waals surface area contributed by atoms with E-state index >= 15 is 0 Å². The zero-order chi connectivity index (χ0) is 13.4. The van der Waals surface area contributed by atoms with Gasteiger partial charge in [-0.25, -0.2) is 4.98 Å². The van der Waals surface area contributed by atoms with E-state index in [0.717, 1.165) is 18.9 Å². The molecule has 104 valence electrons. The summed E-state index contributed by atoms with van der Waals surface area (Å²) in [6, 6.07) is 1.03. The Balaban J connectivity index is 1.85. The molecule has 19 heavy (non-hydrogen) atoms. The number of aromatic nitrogens is 2. The van der Waals surface area contributed by atoms with Gasteiger partial charge in [0.05, 0.1) is 6.20 Å². The minimum absolute atomic E-state index is 0.290. The van der Waals surface area contributed by atoms with Crippen molar-refractivity contribution in [2.24, 2.45) is 0 Å². The maximum Gasteiger partial charge on any atom is 0.222 e. The first-order valence-corrected chi connectivity index (χ1v) is 7.31. The summed E-state index contributed by atoms with van der Waals surface area (Å²) >= 11 is 6.23. The van der Waals surface area contributed by atoms with Gasteiger partial charge in [-0.05, 0) is 26.3 Å². The van der Waals surface area contributed by atoms with Crippen molar-refractivity contribution in [1.29, 1.82) is 0 Å². The summed E-state index contributed by atoms with van der Waals surface area (Å²) < 4.78 is 0. The normalized spacial score (nSPS) is 28.2. The van der Waals surface area contributed by atoms with Crippen LogP contribution in [0.2, 0.25) is 5.02 Å². The zero-order valence-corrected chi connectivity index (χ0v) is 12.0. The summed E-state index contributed by atoms with van der Waals surface area (Å²) in [6.45, 7) is 5.50. The summed E-state index contributed by atoms with van der Waals surface area (Å²) in [5.74, 6) is 1.07. The van der Waals surface area contributed by atoms with Gasteiger partial charge in [0.15, 0.2) is 5.82 Å². The molecule has 0 aliphatic carbocycles. The minimum Gasteiger partial charge on any atom is -0.368 e. The van der Waals surface area contributed by atoms with Crippen molar-refractivity contribution in [2.75, 3.05) is 30.3 Å². The Morgan fingerprint density at radius 1 is 1.37 bits per heavy atom. The average Bonchev–Trinajstić information content (AvgIpc) is 2.41. The number of hydrogen-bond donors (Lipinski definition) is 1. The molecule has 2 aliphatic rings. The molecular weight excluding hydrogens is 262 g/mol. The summed E-state index contributed by atoms with van der Waals surface area (Å²) in [5.41, 5.74) is 5.69. The smallest absolute Gasteiger partial charge is 0.222 e. The molecule has 2 aliphatic heterocycles. The Morgan fingerprint density at radius 3 is 3.05 bits per heavy atom. The Morgan fingerprint density at radius 2 is 2.21 bits per heavy atom. The lowest BCUT2D eigenvalue weighted by atomic mass is 9.97. The lowest BCUT2D eigenvalue weighted by molar-refractivity contribution is 0.115. The molecule has 0 bridgehead atoms. The van der Waals surface area contributed by atoms with Crippen molar-refractivity contribution in [2.45, 2.75) is 38.3 Å². The molecule has 2 fully saturated rings. The third kappa shape index (κ3) is 2.49. The van der Waals surface area contributed by atoms with Crippen molar-refractivity contribution in [3.8, 4) is 0 Å². The van der Waals surface area contributed by atoms with Crippen LogP contribution in [0.3, 0.4) is 0 Å². The van der Waals surface area contributed by atoms with Gasteiger partial charge < -0.3 is 10.6 Å². The predicted octanol–water partition coefficient (Wildman–Crippen LogP) is 1.78. The van der Waals surface area contributed by atoms with E-state index < -0.39 is 0 Å². The van der Waals surface area contributed by atoms with Gasteiger partial charge in [-0.1, -0.05) is 18.0 Å². The quantitative estimate of drug-likeness (QED) is 0.850. The van der Waals surface area contributed by atoms with Gasteiger partial charge in [-0.15, -0.1) is 0 Å². The molecule has 1 aromatic rings. The van der Waals surface area contributed by atoms with Crippen molar-refractivity contribution >= 4 is 23.4 Å². The largest absolute Gasteiger partial charge is 0.368 e. The summed E-state index contributed by atoms with van der Waals surface area (Å²) in [6.07, 6.45) is 5.51. The van der Waals surface area contributed by atoms with Gasteiger partial charge in [-0.2, -0.15) is 4.98 Å². The first-order chi connectivity index (χ1) is 9.15. The molecule has 0 amide bonds. The number of piperazine rings is 1. The van der Waals surface area contributed by atoms with Gasteiger partial charge >= 0.3 is 0 Å². The van der Waals surface area contributed by atoms with Crippen LogP contribution in [0, 0.1) is 0 Å². The number of nitrogens with zero attached hydrogens (tertiary/aromatic N) is 4. The molecule has 6 heteroatoms. The number of anilines is 2. The van der Waals surface area contributed by atoms with Crippen molar-refractivity contribution in [1.82, 2.24) is 14.9 Å². The second-order valence-corrected chi connectivity index (χ2v) is 5.95. The number of piperidine rings is 1. The first kappa shape index (κ1) is 12.9. The Labute approximate surface area is 118 Å². The fourth-order valence-electron chi connectivity index (χ4n) is 3.22. The standard InChI is InChI=1S/C13H20ClN5/c1-9-7-18-5-3-2-4-10(18)8-19(9)12-11(14)6-16-13(15)17-12/h6,9-10H,2-5,7-8H2,1H3,(H2,15,16,17). The molecule has 2 atom stereocenters. The Kier molecular flexibility index (Phi) is 3.50. The van der Waals surface area contributed by atoms with E-state index in [1.807, 2.05) is 0 Å². The highest BCUT2D eigenvalue weighted by Gasteiger charge is 2.34. The van der Waals surface area contributed by atoms with Crippen LogP contribution in [-0.2, 0) is 0 Å². The highest BCUT2D eigenvalue weighted by atomic mass is 35.5. The van der Waals surface area contributed by atoms with E-state index in [4.69, 9.17) is 17.3 Å². The zero-order valence-electron chi connectivity index (χ0n) is 11.2. The van der Waals surface area contributed by atoms with Gasteiger partial charge in [-0.3, -0.25) is 4.90 Å². The van der Waals surface area contributed by atoms with E-state index in [9.17, 15) is 0 Å². The third-order valence-electron chi connectivity index (χ3n) is 4.20. The maximum atomic E-state index is 6.23. The van der Waals surface area contributed by atoms with E-state index in [0.29, 0.717) is 17.1 Å². The van der Waals surface area contributed by atoms with Crippen molar-refractivity contribution < 1.29 is 0 Å². The molecule has 2 saturated heterocycles. The molecule has 2 N–H and O–H groups in total. The molecule has 0 radical (unpaired) electrons. The second-order valence-electron chi connectivity index (χ2n) is 5.55. The molecular formula is C13H20ClN5. The fourth-order valence-corrected chi connectivity index (χ4v) is 3.42. The lowest BCUT2D eigenvalue weighted by Crippen LogP contribution is -2.59. The molecule has 2 unspecified atom stereocenters. The number of hydrogen-bond acceptors (Lipinski definition) is 5. The van der Waals surface area contributed by atoms with Crippen LogP contribution in [0.1, 0.15) is 26.2 Å². The van der Waals surface area contributed by atoms with E-state index in [-0.39, 0.29) is 5.95 Å². The molecule has 5 nitrogen and oxygen atoms in total. The Hall–Kier alpha value is -1.07. The van der Waals surface area contributed by atoms with Crippen LogP contribution in [0.25, 0.3) is 0 Å². The summed E-state index contributed by atoms with van der Waals surface area (Å²) in [4.78, 5) is 13.1. The Bertz CT molecular complexity index is 466. The van der Waals surface area contributed by atoms with E-state index in [2.05, 4.69) is 26.7 Å². The number of nitrogens with two attached hydrogens (primary N) is 1. The van der Waals surface area contributed by atoms with Gasteiger partial charge in [0, 0.05) is 25.2 Å². The van der Waals surface area contributed by atoms with E-state index in [1.54, 1.807) is 6.20 Å². The number of rotatable bonds is 1. The molecule has 0 aromatic carbocycles. The molecule has 0 saturated carbocycles. The van der Waals surface area contributed by atoms with Crippen LogP contribution >= 0.6 is 11.6 Å². The maximum absolute atomic E-state index is 6.23. The highest BCUT2D eigenvalue weighted by Crippen LogP contribution is 2.31. The number of nitrogen functional groups attached to an aromatic ring is 1.